The Bertz CT molecular complexity index is 2680. The molecule has 7 saturated heterocycles. The molecule has 7 fully saturated rings. The second kappa shape index (κ2) is 44.6. The number of aliphatic hydroxyl groups excluding tert-OH is 18. The SMILES string of the molecule is CCC[C@@H](CCCCCC(=O)O[C@H]1[C@H](O[C@H]2[C@H](O[C@H]3[C@H](O[C@@H](CCC)CCCCCCC[C@H](O)CC(=O)OC)O[C@H](C)[C@H](O)[C@@H]3O)O[C@H](CO)[C@@H](O)[C@@H]2O)O[C@@H](C)[C@H](O[C@@H]2O[C@H](C)[C@@H](OC(=O)[C@H](C)[C@@H](C)O)[C@H](O)[C@H]2O)[C@H]1O[C@@H]1O[C@H](CO)[C@@H](O)[C@H](O)[C@H]1O[C@@H]1O[C@H](C)[C@@H](O)[C@H](O)[C@H]1O)O[C@@H]1O[C@H](C)[C@@H](O)[C@H](O)[C@H]1O. The Kier molecular flexibility index (Phi) is 38.2. The van der Waals surface area contributed by atoms with Crippen LogP contribution >= 0.6 is 0 Å². The van der Waals surface area contributed by atoms with E-state index in [-0.39, 0.29) is 12.8 Å². The van der Waals surface area contributed by atoms with Gasteiger partial charge in [0.15, 0.2) is 56.2 Å². The Morgan fingerprint density at radius 3 is 1.24 bits per heavy atom. The van der Waals surface area contributed by atoms with Gasteiger partial charge in [-0.05, 0) is 87.0 Å². The predicted molar refractivity (Wildman–Crippen MR) is 370 cm³/mol. The van der Waals surface area contributed by atoms with Crippen molar-refractivity contribution < 1.29 is 187 Å². The maximum absolute atomic E-state index is 14.9. The molecule has 0 aliphatic carbocycles. The van der Waals surface area contributed by atoms with E-state index in [0.29, 0.717) is 70.6 Å². The number of ether oxygens (including phenoxy) is 17. The molecule has 7 aliphatic rings. The molecule has 0 aromatic heterocycles. The summed E-state index contributed by atoms with van der Waals surface area (Å²) in [5, 5.41) is 201. The minimum atomic E-state index is -2.20. The number of carbonyl (C=O) groups excluding carboxylic acids is 3. The summed E-state index contributed by atoms with van der Waals surface area (Å²) in [7, 11) is 1.25. The van der Waals surface area contributed by atoms with Gasteiger partial charge in [-0.3, -0.25) is 14.4 Å². The summed E-state index contributed by atoms with van der Waals surface area (Å²) in [6, 6.07) is 0. The van der Waals surface area contributed by atoms with Crippen LogP contribution < -0.4 is 0 Å². The summed E-state index contributed by atoms with van der Waals surface area (Å²) in [6.07, 6.45) is -58.7. The van der Waals surface area contributed by atoms with Crippen molar-refractivity contribution in [3.05, 3.63) is 0 Å². The number of unbranched alkanes of at least 4 members (excludes halogenated alkanes) is 6. The van der Waals surface area contributed by atoms with Crippen molar-refractivity contribution in [3.8, 4) is 0 Å². The smallest absolute Gasteiger partial charge is 0.311 e. The number of hydrogen-bond acceptors (Lipinski definition) is 38. The van der Waals surface area contributed by atoms with E-state index in [1.807, 2.05) is 13.8 Å². The summed E-state index contributed by atoms with van der Waals surface area (Å²) in [6.45, 7) is 11.5. The lowest BCUT2D eigenvalue weighted by molar-refractivity contribution is -0.414. The van der Waals surface area contributed by atoms with E-state index in [9.17, 15) is 106 Å². The molecule has 642 valence electrons. The maximum atomic E-state index is 14.9. The first kappa shape index (κ1) is 94.3. The van der Waals surface area contributed by atoms with Crippen LogP contribution in [-0.2, 0) is 94.9 Å². The minimum Gasteiger partial charge on any atom is -0.469 e. The Morgan fingerprint density at radius 2 is 0.727 bits per heavy atom. The molecule has 0 aromatic rings. The van der Waals surface area contributed by atoms with Gasteiger partial charge in [-0.2, -0.15) is 0 Å². The zero-order valence-corrected chi connectivity index (χ0v) is 64.2. The molecule has 0 unspecified atom stereocenters. The van der Waals surface area contributed by atoms with Crippen molar-refractivity contribution in [2.24, 2.45) is 5.92 Å². The van der Waals surface area contributed by atoms with Crippen molar-refractivity contribution in [1.82, 2.24) is 0 Å². The second-order valence-corrected chi connectivity index (χ2v) is 30.2. The molecule has 18 N–H and O–H groups in total. The number of rotatable bonds is 40. The van der Waals surface area contributed by atoms with E-state index < -0.39 is 283 Å². The van der Waals surface area contributed by atoms with Gasteiger partial charge in [0.1, 0.15) is 128 Å². The Labute approximate surface area is 639 Å². The molecule has 0 saturated carbocycles. The van der Waals surface area contributed by atoms with E-state index in [0.717, 1.165) is 19.3 Å². The normalized spacial score (nSPS) is 42.7. The van der Waals surface area contributed by atoms with E-state index in [1.165, 1.54) is 55.6 Å². The highest BCUT2D eigenvalue weighted by atomic mass is 16.8. The van der Waals surface area contributed by atoms with Gasteiger partial charge in [0.2, 0.25) is 0 Å². The van der Waals surface area contributed by atoms with Crippen LogP contribution in [0.3, 0.4) is 0 Å². The van der Waals surface area contributed by atoms with Crippen LogP contribution in [0.5, 0.6) is 0 Å². The molecule has 0 radical (unpaired) electrons. The molecular formula is C72H126O38. The highest BCUT2D eigenvalue weighted by molar-refractivity contribution is 5.73. The van der Waals surface area contributed by atoms with Gasteiger partial charge in [-0.1, -0.05) is 71.6 Å². The van der Waals surface area contributed by atoms with E-state index in [1.54, 1.807) is 0 Å². The molecule has 40 atom stereocenters. The molecule has 38 nitrogen and oxygen atoms in total. The van der Waals surface area contributed by atoms with Crippen molar-refractivity contribution in [2.75, 3.05) is 20.3 Å². The van der Waals surface area contributed by atoms with Crippen molar-refractivity contribution in [3.63, 3.8) is 0 Å². The summed E-state index contributed by atoms with van der Waals surface area (Å²) in [4.78, 5) is 39.7. The molecule has 7 aliphatic heterocycles. The van der Waals surface area contributed by atoms with Gasteiger partial charge in [0.05, 0.1) is 87.6 Å². The molecule has 0 spiro atoms. The first-order chi connectivity index (χ1) is 52.1. The number of hydrogen-bond donors (Lipinski definition) is 18. The Hall–Kier alpha value is -2.87. The van der Waals surface area contributed by atoms with Gasteiger partial charge in [0, 0.05) is 6.42 Å². The van der Waals surface area contributed by atoms with E-state index >= 15 is 0 Å². The van der Waals surface area contributed by atoms with E-state index in [4.69, 9.17) is 75.8 Å². The van der Waals surface area contributed by atoms with Crippen LogP contribution in [0.4, 0.5) is 0 Å². The molecule has 0 bridgehead atoms. The number of carbonyl (C=O) groups is 3. The lowest BCUT2D eigenvalue weighted by atomic mass is 9.95. The quantitative estimate of drug-likeness (QED) is 0.0158. The average Bonchev–Trinajstić information content (AvgIpc) is 0.759. The van der Waals surface area contributed by atoms with Gasteiger partial charge in [-0.15, -0.1) is 0 Å². The molecule has 7 rings (SSSR count). The van der Waals surface area contributed by atoms with Gasteiger partial charge in [-0.25, -0.2) is 0 Å². The lowest BCUT2D eigenvalue weighted by Crippen LogP contribution is -2.69. The molecular weight excluding hydrogens is 1470 g/mol. The third-order valence-corrected chi connectivity index (χ3v) is 21.6. The number of aliphatic hydroxyl groups is 18. The lowest BCUT2D eigenvalue weighted by Gasteiger charge is -2.51. The van der Waals surface area contributed by atoms with Crippen LogP contribution in [0, 0.1) is 5.92 Å². The van der Waals surface area contributed by atoms with Crippen molar-refractivity contribution in [2.45, 2.75) is 411 Å². The third kappa shape index (κ3) is 24.6. The summed E-state index contributed by atoms with van der Waals surface area (Å²) in [5.74, 6) is -3.66. The highest BCUT2D eigenvalue weighted by Gasteiger charge is 2.60. The van der Waals surface area contributed by atoms with Gasteiger partial charge in [0.25, 0.3) is 0 Å². The first-order valence-corrected chi connectivity index (χ1v) is 38.9. The highest BCUT2D eigenvalue weighted by Crippen LogP contribution is 2.41. The number of methoxy groups -OCH3 is 1. The molecule has 38 heteroatoms. The first-order valence-electron chi connectivity index (χ1n) is 38.9. The summed E-state index contributed by atoms with van der Waals surface area (Å²) >= 11 is 0. The second-order valence-electron chi connectivity index (χ2n) is 30.2. The molecule has 7 heterocycles. The monoisotopic (exact) mass is 1600 g/mol. The average molecular weight is 1600 g/mol. The van der Waals surface area contributed by atoms with Gasteiger partial charge >= 0.3 is 17.9 Å². The zero-order valence-electron chi connectivity index (χ0n) is 64.2. The van der Waals surface area contributed by atoms with Crippen LogP contribution in [-0.4, -0.2) is 370 Å². The molecule has 0 aromatic carbocycles. The third-order valence-electron chi connectivity index (χ3n) is 21.6. The fourth-order valence-electron chi connectivity index (χ4n) is 14.4. The number of esters is 3. The van der Waals surface area contributed by atoms with E-state index in [2.05, 4.69) is 4.74 Å². The Morgan fingerprint density at radius 1 is 0.355 bits per heavy atom. The standard InChI is InChI=1S/C72H126O38/c1-11-21-38(100-66-55(90)49(84)44(79)32(5)95-66)25-19-16-20-26-42(77)104-64-63(110-71-61(52(87)47(82)41(29-74)103-71)107-67-56(91)50(85)45(80)33(6)96-67)59(106-68-57(92)54(89)58(35(8)98-68)105-65(93)30(3)31(4)75)36(9)99-72(64)109-62-53(88)48(83)40(28-73)102-70(62)108-60-51(86)46(81)34(7)97-69(60)101-39(22-12-2)24-18-15-13-14-17-23-37(76)27-43(78)94-10/h30-41,44-64,66-76,79-92H,11-29H2,1-10H3/t30-,31-,32-,33-,34-,35-,36+,37+,38+,39+,40-,41-,44-,45-,46+,47-,48-,49+,50+,51+,52+,53+,54-,55-,56-,57-,58-,59+,60-,61-,62-,63-,64-,66+,67+,68+,69+,70+,71+,72+/m1/s1. The summed E-state index contributed by atoms with van der Waals surface area (Å²) < 4.78 is 105. The van der Waals surface area contributed by atoms with Crippen LogP contribution in [0.15, 0.2) is 0 Å². The fourth-order valence-corrected chi connectivity index (χ4v) is 14.4. The largest absolute Gasteiger partial charge is 0.469 e. The molecule has 0 amide bonds. The Balaban J connectivity index is 1.26. The minimum absolute atomic E-state index is 0.0699. The van der Waals surface area contributed by atoms with Crippen LogP contribution in [0.2, 0.25) is 0 Å². The fraction of sp³-hybridized carbons (Fsp3) is 0.958. The molecule has 110 heavy (non-hydrogen) atoms. The van der Waals surface area contributed by atoms with Crippen molar-refractivity contribution >= 4 is 17.9 Å². The topological polar surface area (TPSA) is 572 Å². The van der Waals surface area contributed by atoms with Gasteiger partial charge < -0.3 is 172 Å². The van der Waals surface area contributed by atoms with Crippen LogP contribution in [0.25, 0.3) is 0 Å². The zero-order chi connectivity index (χ0) is 81.3. The summed E-state index contributed by atoms with van der Waals surface area (Å²) in [5.41, 5.74) is 0. The van der Waals surface area contributed by atoms with Crippen LogP contribution in [0.1, 0.15) is 171 Å². The van der Waals surface area contributed by atoms with Crippen molar-refractivity contribution in [1.29, 1.82) is 0 Å². The predicted octanol–water partition coefficient (Wildman–Crippen LogP) is -4.06. The maximum Gasteiger partial charge on any atom is 0.311 e.